The highest BCUT2D eigenvalue weighted by molar-refractivity contribution is 6.36. The number of ether oxygens (including phenoxy) is 14. The second-order valence-electron chi connectivity index (χ2n) is 26.6. The van der Waals surface area contributed by atoms with Gasteiger partial charge in [0.2, 0.25) is 11.8 Å². The van der Waals surface area contributed by atoms with Crippen molar-refractivity contribution in [2.45, 2.75) is 76.3 Å². The highest BCUT2D eigenvalue weighted by Crippen LogP contribution is 2.38. The second-order valence-corrected chi connectivity index (χ2v) is 27.5. The minimum absolute atomic E-state index is 0.0335. The van der Waals surface area contributed by atoms with E-state index >= 15 is 0 Å². The normalized spacial score (nSPS) is 17.1. The summed E-state index contributed by atoms with van der Waals surface area (Å²) in [5.41, 5.74) is 5.26. The molecule has 5 aliphatic rings. The number of piperazine rings is 1. The quantitative estimate of drug-likeness (QED) is 0.0198. The van der Waals surface area contributed by atoms with E-state index in [-0.39, 0.29) is 69.4 Å². The van der Waals surface area contributed by atoms with Crippen LogP contribution in [0.1, 0.15) is 64.8 Å². The summed E-state index contributed by atoms with van der Waals surface area (Å²) in [7, 11) is 0. The topological polar surface area (TPSA) is 316 Å². The van der Waals surface area contributed by atoms with E-state index < -0.39 is 35.8 Å². The Bertz CT molecular complexity index is 3860. The Morgan fingerprint density at radius 2 is 1.23 bits per heavy atom. The van der Waals surface area contributed by atoms with Gasteiger partial charge in [-0.1, -0.05) is 66.2 Å². The summed E-state index contributed by atoms with van der Waals surface area (Å²) in [6, 6.07) is 23.1. The van der Waals surface area contributed by atoms with Crippen molar-refractivity contribution in [3.05, 3.63) is 123 Å². The number of halogens is 3. The van der Waals surface area contributed by atoms with Crippen LogP contribution in [0.25, 0.3) is 10.8 Å². The number of carbonyl (C=O) groups is 5. The molecule has 3 atom stereocenters. The van der Waals surface area contributed by atoms with Crippen LogP contribution in [0.3, 0.4) is 0 Å². The van der Waals surface area contributed by atoms with E-state index in [2.05, 4.69) is 61.5 Å². The number of anilines is 3. The summed E-state index contributed by atoms with van der Waals surface area (Å²) in [5.74, 6) is -1.76. The minimum Gasteiger partial charge on any atom is -0.491 e. The van der Waals surface area contributed by atoms with Crippen molar-refractivity contribution in [3.63, 3.8) is 0 Å². The average molecular weight is 1590 g/mol. The fourth-order valence-electron chi connectivity index (χ4n) is 13.5. The largest absolute Gasteiger partial charge is 0.491 e. The molecule has 10 rings (SSSR count). The first-order valence-corrected chi connectivity index (χ1v) is 38.7. The lowest BCUT2D eigenvalue weighted by Gasteiger charge is -2.42. The summed E-state index contributed by atoms with van der Waals surface area (Å²) in [6.45, 7) is 18.4. The van der Waals surface area contributed by atoms with Gasteiger partial charge in [-0.15, -0.1) is 0 Å². The van der Waals surface area contributed by atoms with Crippen LogP contribution in [0.2, 0.25) is 10.0 Å². The summed E-state index contributed by atoms with van der Waals surface area (Å²) >= 11 is 13.1. The molecule has 3 N–H and O–H groups in total. The van der Waals surface area contributed by atoms with Crippen LogP contribution < -0.4 is 35.2 Å². The molecule has 1 aromatic heterocycles. The van der Waals surface area contributed by atoms with Crippen LogP contribution in [0, 0.1) is 11.3 Å². The highest BCUT2D eigenvalue weighted by atomic mass is 35.5. The zero-order valence-electron chi connectivity index (χ0n) is 62.8. The summed E-state index contributed by atoms with van der Waals surface area (Å²) in [4.78, 5) is 82.3. The molecule has 6 amide bonds. The summed E-state index contributed by atoms with van der Waals surface area (Å²) in [6.07, 6.45) is 3.11. The number of likely N-dealkylation sites (tertiary alicyclic amines) is 1. The Kier molecular flexibility index (Phi) is 36.1. The average Bonchev–Trinajstić information content (AvgIpc) is 1.43. The van der Waals surface area contributed by atoms with Crippen molar-refractivity contribution in [2.75, 3.05) is 226 Å². The number of amides is 6. The van der Waals surface area contributed by atoms with Crippen LogP contribution >= 0.6 is 23.2 Å². The maximum Gasteiger partial charge on any atom is 0.319 e. The van der Waals surface area contributed by atoms with Gasteiger partial charge in [-0.05, 0) is 79.1 Å². The SMILES string of the molecule is C=C(F)C(=O)N1CCN(c2nc(OC[C@@H]3CCCN3CCOCCOCCOCCOCCOCCOCCOCCOCCOCCOCCOCCOCCOc3cc(Cl)cc(NC(=O)NCc4ccc5c(c4)CN(C4CCC(=O)NC4=O)C5=O)c3)nc3c2CCN(c2cccc4cccc(Cl)c24)C3)C[C@@H]1CC#N. The molecule has 3 fully saturated rings. The lowest BCUT2D eigenvalue weighted by Crippen LogP contribution is -2.55. The van der Waals surface area contributed by atoms with E-state index in [0.29, 0.717) is 231 Å². The lowest BCUT2D eigenvalue weighted by atomic mass is 10.0. The predicted octanol–water partition coefficient (Wildman–Crippen LogP) is 7.12. The third-order valence-corrected chi connectivity index (χ3v) is 19.5. The monoisotopic (exact) mass is 1590 g/mol. The number of imide groups is 1. The zero-order chi connectivity index (χ0) is 77.8. The van der Waals surface area contributed by atoms with Crippen molar-refractivity contribution in [3.8, 4) is 17.8 Å². The molecule has 111 heavy (non-hydrogen) atoms. The predicted molar refractivity (Wildman–Crippen MR) is 409 cm³/mol. The van der Waals surface area contributed by atoms with Gasteiger partial charge in [-0.2, -0.15) is 15.2 Å². The van der Waals surface area contributed by atoms with Crippen LogP contribution in [-0.4, -0.2) is 284 Å². The maximum atomic E-state index is 14.1. The van der Waals surface area contributed by atoms with Gasteiger partial charge in [-0.3, -0.25) is 29.4 Å². The van der Waals surface area contributed by atoms with E-state index in [1.165, 1.54) is 9.80 Å². The van der Waals surface area contributed by atoms with Gasteiger partial charge in [-0.25, -0.2) is 9.18 Å². The molecule has 5 aromatic rings. The van der Waals surface area contributed by atoms with Crippen molar-refractivity contribution in [2.24, 2.45) is 0 Å². The molecule has 0 saturated carbocycles. The smallest absolute Gasteiger partial charge is 0.319 e. The van der Waals surface area contributed by atoms with E-state index in [1.807, 2.05) is 24.3 Å². The van der Waals surface area contributed by atoms with Gasteiger partial charge in [0.25, 0.3) is 11.8 Å². The van der Waals surface area contributed by atoms with E-state index in [9.17, 15) is 33.6 Å². The van der Waals surface area contributed by atoms with Gasteiger partial charge in [0.15, 0.2) is 5.83 Å². The minimum atomic E-state index is -1.05. The lowest BCUT2D eigenvalue weighted by molar-refractivity contribution is -0.137. The number of piperidine rings is 1. The first-order chi connectivity index (χ1) is 54.3. The number of nitrogens with one attached hydrogen (secondary N) is 3. The number of carbonyl (C=O) groups excluding carboxylic acids is 5. The molecule has 0 aliphatic carbocycles. The van der Waals surface area contributed by atoms with Gasteiger partial charge in [0.05, 0.1) is 194 Å². The molecule has 33 heteroatoms. The van der Waals surface area contributed by atoms with Gasteiger partial charge in [0, 0.05) is 97.3 Å². The van der Waals surface area contributed by atoms with Crippen molar-refractivity contribution in [1.29, 1.82) is 5.26 Å². The third kappa shape index (κ3) is 27.4. The molecule has 604 valence electrons. The van der Waals surface area contributed by atoms with E-state index in [4.69, 9.17) is 99.5 Å². The first-order valence-electron chi connectivity index (χ1n) is 37.9. The van der Waals surface area contributed by atoms with Crippen molar-refractivity contribution in [1.82, 2.24) is 35.3 Å². The van der Waals surface area contributed by atoms with E-state index in [0.717, 1.165) is 64.8 Å². The maximum absolute atomic E-state index is 14.1. The Hall–Kier alpha value is -8.01. The zero-order valence-corrected chi connectivity index (χ0v) is 64.3. The molecule has 5 aliphatic heterocycles. The molecule has 0 radical (unpaired) electrons. The standard InChI is InChI=1S/C78H102Cl2FN11O19/c1-56(81)75(95)91-20-19-90(53-62(91)14-16-82)73-66-15-18-89(69-9-3-6-58-5-2-8-67(80)72(58)69)54-68(66)85-78(87-73)111-55-63-7-4-17-88(63)21-22-98-23-24-99-25-26-100-27-28-101-29-30-102-31-32-103-33-34-104-35-36-105-37-38-106-39-40-107-41-42-108-43-44-109-45-46-110-64-49-60(79)48-61(50-64)84-77(97)83-51-57-10-11-65-59(47-57)52-92(76(65)96)70-12-13-71(93)86-74(70)94/h2-3,5-6,8-11,47-50,62-63,70H,1,4,7,12-15,17-46,51-55H2,(H2,83,84,97)(H,86,93,94)/t62-,63-,70?/m0/s1. The third-order valence-electron chi connectivity index (χ3n) is 19.0. The van der Waals surface area contributed by atoms with Crippen molar-refractivity contribution >= 4 is 80.8 Å². The van der Waals surface area contributed by atoms with E-state index in [1.54, 1.807) is 30.3 Å². The summed E-state index contributed by atoms with van der Waals surface area (Å²) in [5, 5.41) is 20.7. The first kappa shape index (κ1) is 85.4. The fourth-order valence-corrected chi connectivity index (χ4v) is 14.0. The van der Waals surface area contributed by atoms with Gasteiger partial charge in [0.1, 0.15) is 30.8 Å². The summed E-state index contributed by atoms with van der Waals surface area (Å²) < 4.78 is 94.0. The number of hydrogen-bond donors (Lipinski definition) is 3. The number of rotatable bonds is 51. The van der Waals surface area contributed by atoms with Gasteiger partial charge < -0.3 is 96.5 Å². The molecule has 0 spiro atoms. The Morgan fingerprint density at radius 1 is 0.631 bits per heavy atom. The molecular formula is C78H102Cl2FN11O19. The van der Waals surface area contributed by atoms with Crippen LogP contribution in [0.15, 0.2) is 85.2 Å². The molecule has 3 saturated heterocycles. The van der Waals surface area contributed by atoms with Gasteiger partial charge >= 0.3 is 12.0 Å². The number of hydrogen-bond acceptors (Lipinski definition) is 25. The number of fused-ring (bicyclic) bond motifs is 3. The van der Waals surface area contributed by atoms with Crippen LogP contribution in [-0.2, 0) is 97.3 Å². The molecule has 6 heterocycles. The number of nitriles is 1. The number of aromatic nitrogens is 2. The Morgan fingerprint density at radius 3 is 1.82 bits per heavy atom. The van der Waals surface area contributed by atoms with Crippen LogP contribution in [0.5, 0.6) is 11.8 Å². The molecular weight excluding hydrogens is 1480 g/mol. The van der Waals surface area contributed by atoms with Crippen molar-refractivity contribution < 1.29 is 94.7 Å². The second kappa shape index (κ2) is 46.9. The molecule has 0 bridgehead atoms. The molecule has 4 aromatic carbocycles. The Labute approximate surface area is 656 Å². The highest BCUT2D eigenvalue weighted by Gasteiger charge is 2.40. The number of urea groups is 1. The fraction of sp³-hybridized carbons (Fsp3) is 0.564. The molecule has 1 unspecified atom stereocenters. The van der Waals surface area contributed by atoms with Crippen LogP contribution in [0.4, 0.5) is 26.4 Å². The number of benzene rings is 4. The Balaban J connectivity index is 0.457. The molecule has 30 nitrogen and oxygen atoms in total. The number of nitrogens with zero attached hydrogens (tertiary/aromatic N) is 8.